The molecule has 6 nitrogen and oxygen atoms in total. The number of Topliss-reactive ketones (excluding diaryl/α,β-unsaturated/α-hetero) is 1. The summed E-state index contributed by atoms with van der Waals surface area (Å²) < 4.78 is 5.65. The molecule has 1 saturated heterocycles. The van der Waals surface area contributed by atoms with Crippen LogP contribution in [0.3, 0.4) is 0 Å². The van der Waals surface area contributed by atoms with Crippen LogP contribution in [-0.2, 0) is 9.59 Å². The third kappa shape index (κ3) is 5.03. The van der Waals surface area contributed by atoms with Crippen molar-refractivity contribution in [2.45, 2.75) is 12.5 Å². The fourth-order valence-electron chi connectivity index (χ4n) is 3.70. The van der Waals surface area contributed by atoms with E-state index in [4.69, 9.17) is 4.74 Å². The van der Waals surface area contributed by atoms with Gasteiger partial charge in [-0.15, -0.1) is 0 Å². The number of carbonyl (C=O) groups excluding carboxylic acids is 2. The molecule has 0 spiro atoms. The molecule has 0 saturated carbocycles. The summed E-state index contributed by atoms with van der Waals surface area (Å²) >= 11 is 0. The first-order valence-corrected chi connectivity index (χ1v) is 10.3. The van der Waals surface area contributed by atoms with Gasteiger partial charge in [0.15, 0.2) is 0 Å². The summed E-state index contributed by atoms with van der Waals surface area (Å²) in [6, 6.07) is 15.4. The molecule has 6 heteroatoms. The van der Waals surface area contributed by atoms with Gasteiger partial charge in [-0.1, -0.05) is 55.1 Å². The minimum absolute atomic E-state index is 0.0990. The van der Waals surface area contributed by atoms with Crippen LogP contribution in [0.4, 0.5) is 0 Å². The fourth-order valence-corrected chi connectivity index (χ4v) is 3.70. The monoisotopic (exact) mass is 420 g/mol. The number of amides is 1. The third-order valence-corrected chi connectivity index (χ3v) is 5.13. The zero-order valence-corrected chi connectivity index (χ0v) is 18.0. The summed E-state index contributed by atoms with van der Waals surface area (Å²) in [5.74, 6) is -0.834. The predicted octanol–water partition coefficient (Wildman–Crippen LogP) is 3.62. The van der Waals surface area contributed by atoms with E-state index in [9.17, 15) is 14.7 Å². The van der Waals surface area contributed by atoms with Gasteiger partial charge in [-0.05, 0) is 44.8 Å². The molecular weight excluding hydrogens is 392 g/mol. The van der Waals surface area contributed by atoms with Crippen molar-refractivity contribution in [1.82, 2.24) is 9.80 Å². The highest BCUT2D eigenvalue weighted by molar-refractivity contribution is 6.46. The smallest absolute Gasteiger partial charge is 0.295 e. The number of aliphatic hydroxyl groups is 1. The Kier molecular flexibility index (Phi) is 7.26. The summed E-state index contributed by atoms with van der Waals surface area (Å²) in [4.78, 5) is 29.5. The van der Waals surface area contributed by atoms with Gasteiger partial charge in [-0.2, -0.15) is 0 Å². The summed E-state index contributed by atoms with van der Waals surface area (Å²) in [6.07, 6.45) is 2.35. The average Bonchev–Trinajstić information content (AvgIpc) is 3.03. The van der Waals surface area contributed by atoms with Crippen molar-refractivity contribution >= 4 is 17.4 Å². The van der Waals surface area contributed by atoms with Crippen LogP contribution in [-0.4, -0.2) is 60.4 Å². The lowest BCUT2D eigenvalue weighted by molar-refractivity contribution is -0.139. The normalized spacial score (nSPS) is 17.9. The van der Waals surface area contributed by atoms with Gasteiger partial charge in [0, 0.05) is 12.1 Å². The molecule has 1 amide bonds. The predicted molar refractivity (Wildman–Crippen MR) is 121 cm³/mol. The molecule has 1 fully saturated rings. The number of hydrogen-bond acceptors (Lipinski definition) is 5. The van der Waals surface area contributed by atoms with Crippen LogP contribution in [0.25, 0.3) is 5.76 Å². The van der Waals surface area contributed by atoms with E-state index in [0.717, 1.165) is 6.54 Å². The molecule has 0 bridgehead atoms. The molecule has 0 radical (unpaired) electrons. The van der Waals surface area contributed by atoms with Gasteiger partial charge in [0.25, 0.3) is 11.7 Å². The Morgan fingerprint density at radius 3 is 2.58 bits per heavy atom. The zero-order chi connectivity index (χ0) is 22.4. The fraction of sp³-hybridized carbons (Fsp3) is 0.280. The molecule has 1 N–H and O–H groups in total. The molecule has 3 rings (SSSR count). The lowest BCUT2D eigenvalue weighted by Gasteiger charge is -2.26. The van der Waals surface area contributed by atoms with Crippen molar-refractivity contribution in [1.29, 1.82) is 0 Å². The highest BCUT2D eigenvalue weighted by atomic mass is 16.5. The van der Waals surface area contributed by atoms with Crippen LogP contribution in [0.15, 0.2) is 72.8 Å². The molecule has 2 aromatic carbocycles. The summed E-state index contributed by atoms with van der Waals surface area (Å²) in [5.41, 5.74) is 1.31. The Hall–Kier alpha value is -3.38. The molecule has 162 valence electrons. The number of likely N-dealkylation sites (tertiary alicyclic amines) is 1. The molecule has 31 heavy (non-hydrogen) atoms. The van der Waals surface area contributed by atoms with E-state index >= 15 is 0 Å². The largest absolute Gasteiger partial charge is 0.507 e. The molecular formula is C25H28N2O4. The van der Waals surface area contributed by atoms with Crippen molar-refractivity contribution in [3.63, 3.8) is 0 Å². The van der Waals surface area contributed by atoms with Gasteiger partial charge >= 0.3 is 0 Å². The standard InChI is InChI=1S/C25H28N2O4/c1-4-16-31-20-13-8-12-19(17-20)22-21(23(28)18-10-6-5-7-11-18)24(29)25(30)27(22)15-9-14-26(2)3/h4-8,10-13,17,22,28H,1,9,14-16H2,2-3H3/t22-/m1/s1. The van der Waals surface area contributed by atoms with E-state index in [2.05, 4.69) is 6.58 Å². The van der Waals surface area contributed by atoms with Crippen molar-refractivity contribution < 1.29 is 19.4 Å². The molecule has 0 aliphatic carbocycles. The Bertz CT molecular complexity index is 982. The van der Waals surface area contributed by atoms with Gasteiger partial charge in [0.05, 0.1) is 11.6 Å². The quantitative estimate of drug-likeness (QED) is 0.290. The second-order valence-electron chi connectivity index (χ2n) is 7.69. The summed E-state index contributed by atoms with van der Waals surface area (Å²) in [6.45, 7) is 5.18. The minimum Gasteiger partial charge on any atom is -0.507 e. The lowest BCUT2D eigenvalue weighted by Crippen LogP contribution is -2.32. The lowest BCUT2D eigenvalue weighted by atomic mass is 9.95. The Morgan fingerprint density at radius 2 is 1.90 bits per heavy atom. The van der Waals surface area contributed by atoms with Crippen molar-refractivity contribution in [3.8, 4) is 5.75 Å². The van der Waals surface area contributed by atoms with Gasteiger partial charge < -0.3 is 19.6 Å². The van der Waals surface area contributed by atoms with E-state index in [1.165, 1.54) is 0 Å². The molecule has 0 unspecified atom stereocenters. The topological polar surface area (TPSA) is 70.1 Å². The van der Waals surface area contributed by atoms with Crippen LogP contribution in [0.1, 0.15) is 23.6 Å². The van der Waals surface area contributed by atoms with Crippen LogP contribution in [0.5, 0.6) is 5.75 Å². The van der Waals surface area contributed by atoms with Gasteiger partial charge in [-0.3, -0.25) is 9.59 Å². The first-order chi connectivity index (χ1) is 14.9. The van der Waals surface area contributed by atoms with E-state index in [0.29, 0.717) is 36.4 Å². The number of aliphatic hydroxyl groups excluding tert-OH is 1. The average molecular weight is 421 g/mol. The second kappa shape index (κ2) is 10.1. The Labute approximate surface area is 183 Å². The molecule has 2 aromatic rings. The maximum atomic E-state index is 13.0. The SMILES string of the molecule is C=CCOc1cccc([C@@H]2C(=C(O)c3ccccc3)C(=O)C(=O)N2CCCN(C)C)c1. The van der Waals surface area contributed by atoms with E-state index in [-0.39, 0.29) is 11.3 Å². The maximum Gasteiger partial charge on any atom is 0.295 e. The first-order valence-electron chi connectivity index (χ1n) is 10.3. The number of benzene rings is 2. The van der Waals surface area contributed by atoms with E-state index in [1.807, 2.05) is 43.3 Å². The van der Waals surface area contributed by atoms with Gasteiger partial charge in [-0.25, -0.2) is 0 Å². The molecule has 1 aliphatic rings. The van der Waals surface area contributed by atoms with Crippen molar-refractivity contribution in [2.24, 2.45) is 0 Å². The van der Waals surface area contributed by atoms with E-state index < -0.39 is 17.7 Å². The molecule has 1 heterocycles. The summed E-state index contributed by atoms with van der Waals surface area (Å²) in [7, 11) is 3.92. The highest BCUT2D eigenvalue weighted by Crippen LogP contribution is 2.40. The molecule has 0 aromatic heterocycles. The number of ketones is 1. The Balaban J connectivity index is 2.07. The molecule has 1 aliphatic heterocycles. The first kappa shape index (κ1) is 22.3. The van der Waals surface area contributed by atoms with Crippen molar-refractivity contribution in [2.75, 3.05) is 33.8 Å². The minimum atomic E-state index is -0.686. The third-order valence-electron chi connectivity index (χ3n) is 5.13. The van der Waals surface area contributed by atoms with Crippen LogP contribution >= 0.6 is 0 Å². The molecule has 1 atom stereocenters. The number of ether oxygens (including phenoxy) is 1. The van der Waals surface area contributed by atoms with E-state index in [1.54, 1.807) is 41.3 Å². The van der Waals surface area contributed by atoms with Crippen LogP contribution < -0.4 is 4.74 Å². The number of nitrogens with zero attached hydrogens (tertiary/aromatic N) is 2. The second-order valence-corrected chi connectivity index (χ2v) is 7.69. The summed E-state index contributed by atoms with van der Waals surface area (Å²) in [5, 5.41) is 11.0. The zero-order valence-electron chi connectivity index (χ0n) is 18.0. The van der Waals surface area contributed by atoms with Crippen LogP contribution in [0, 0.1) is 0 Å². The number of rotatable bonds is 9. The maximum absolute atomic E-state index is 13.0. The number of carbonyl (C=O) groups is 2. The highest BCUT2D eigenvalue weighted by Gasteiger charge is 2.45. The Morgan fingerprint density at radius 1 is 1.16 bits per heavy atom. The van der Waals surface area contributed by atoms with Gasteiger partial charge in [0.2, 0.25) is 0 Å². The van der Waals surface area contributed by atoms with Crippen molar-refractivity contribution in [3.05, 3.63) is 84.0 Å². The number of hydrogen-bond donors (Lipinski definition) is 1. The van der Waals surface area contributed by atoms with Gasteiger partial charge in [0.1, 0.15) is 18.1 Å². The van der Waals surface area contributed by atoms with Crippen LogP contribution in [0.2, 0.25) is 0 Å².